The Labute approximate surface area is 106 Å². The van der Waals surface area contributed by atoms with E-state index >= 15 is 0 Å². The van der Waals surface area contributed by atoms with Crippen molar-refractivity contribution in [2.24, 2.45) is 5.92 Å². The second-order valence-electron chi connectivity index (χ2n) is 4.47. The average Bonchev–Trinajstić information content (AvgIpc) is 2.77. The third kappa shape index (κ3) is 3.20. The largest absolute Gasteiger partial charge is 0.481 e. The van der Waals surface area contributed by atoms with Crippen LogP contribution in [0.15, 0.2) is 42.9 Å². The number of nitrogens with zero attached hydrogens (tertiary/aromatic N) is 2. The number of carbonyl (C=O) groups is 1. The van der Waals surface area contributed by atoms with Gasteiger partial charge in [0.25, 0.3) is 0 Å². The predicted octanol–water partition coefficient (Wildman–Crippen LogP) is 2.19. The third-order valence-corrected chi connectivity index (χ3v) is 2.83. The Bertz CT molecular complexity index is 520. The standard InChI is InChI=1S/C14H16N2O2/c1-11(14(17)18)7-13-9-16(10-15-13)8-12-5-3-2-4-6-12/h2-6,9-11H,7-8H2,1H3,(H,17,18). The van der Waals surface area contributed by atoms with E-state index in [1.807, 2.05) is 29.0 Å². The number of aromatic nitrogens is 2. The maximum absolute atomic E-state index is 10.8. The molecule has 18 heavy (non-hydrogen) atoms. The number of carboxylic acid groups (broad SMARTS) is 1. The van der Waals surface area contributed by atoms with Crippen LogP contribution < -0.4 is 0 Å². The van der Waals surface area contributed by atoms with Gasteiger partial charge in [0.1, 0.15) is 0 Å². The van der Waals surface area contributed by atoms with Crippen LogP contribution in [0.1, 0.15) is 18.2 Å². The molecule has 2 aromatic rings. The molecule has 1 N–H and O–H groups in total. The first-order valence-corrected chi connectivity index (χ1v) is 5.92. The lowest BCUT2D eigenvalue weighted by atomic mass is 10.1. The van der Waals surface area contributed by atoms with E-state index in [0.717, 1.165) is 12.2 Å². The van der Waals surface area contributed by atoms with Gasteiger partial charge >= 0.3 is 5.97 Å². The van der Waals surface area contributed by atoms with Crippen molar-refractivity contribution in [2.75, 3.05) is 0 Å². The first kappa shape index (κ1) is 12.4. The van der Waals surface area contributed by atoms with Crippen LogP contribution in [-0.4, -0.2) is 20.6 Å². The summed E-state index contributed by atoms with van der Waals surface area (Å²) < 4.78 is 1.97. The summed E-state index contributed by atoms with van der Waals surface area (Å²) in [6.07, 6.45) is 4.13. The summed E-state index contributed by atoms with van der Waals surface area (Å²) in [4.78, 5) is 15.0. The highest BCUT2D eigenvalue weighted by Crippen LogP contribution is 2.08. The Hall–Kier alpha value is -2.10. The summed E-state index contributed by atoms with van der Waals surface area (Å²) in [5, 5.41) is 8.85. The van der Waals surface area contributed by atoms with E-state index in [1.165, 1.54) is 5.56 Å². The van der Waals surface area contributed by atoms with E-state index in [0.29, 0.717) is 6.42 Å². The Morgan fingerprint density at radius 2 is 2.11 bits per heavy atom. The average molecular weight is 244 g/mol. The van der Waals surface area contributed by atoms with E-state index in [1.54, 1.807) is 13.3 Å². The van der Waals surface area contributed by atoms with Gasteiger partial charge < -0.3 is 9.67 Å². The molecule has 1 atom stereocenters. The van der Waals surface area contributed by atoms with Crippen LogP contribution in [0, 0.1) is 5.92 Å². The summed E-state index contributed by atoms with van der Waals surface area (Å²) in [5.74, 6) is -1.18. The molecule has 1 aromatic heterocycles. The molecule has 0 aliphatic heterocycles. The van der Waals surface area contributed by atoms with Crippen molar-refractivity contribution >= 4 is 5.97 Å². The van der Waals surface area contributed by atoms with Gasteiger partial charge in [-0.1, -0.05) is 37.3 Å². The molecule has 0 amide bonds. The van der Waals surface area contributed by atoms with Gasteiger partial charge in [0.15, 0.2) is 0 Å². The highest BCUT2D eigenvalue weighted by Gasteiger charge is 2.13. The van der Waals surface area contributed by atoms with Gasteiger partial charge in [-0.05, 0) is 5.56 Å². The van der Waals surface area contributed by atoms with Gasteiger partial charge in [0.05, 0.1) is 17.9 Å². The topological polar surface area (TPSA) is 55.1 Å². The molecule has 0 radical (unpaired) electrons. The van der Waals surface area contributed by atoms with Gasteiger partial charge in [-0.15, -0.1) is 0 Å². The highest BCUT2D eigenvalue weighted by molar-refractivity contribution is 5.69. The molecule has 4 heteroatoms. The van der Waals surface area contributed by atoms with Crippen molar-refractivity contribution in [3.05, 3.63) is 54.1 Å². The Morgan fingerprint density at radius 3 is 2.78 bits per heavy atom. The zero-order valence-electron chi connectivity index (χ0n) is 10.3. The number of hydrogen-bond donors (Lipinski definition) is 1. The molecule has 94 valence electrons. The fourth-order valence-corrected chi connectivity index (χ4v) is 1.79. The van der Waals surface area contributed by atoms with Crippen LogP contribution >= 0.6 is 0 Å². The molecule has 2 rings (SSSR count). The number of aliphatic carboxylic acids is 1. The van der Waals surface area contributed by atoms with E-state index in [9.17, 15) is 4.79 Å². The highest BCUT2D eigenvalue weighted by atomic mass is 16.4. The number of hydrogen-bond acceptors (Lipinski definition) is 2. The van der Waals surface area contributed by atoms with Crippen LogP contribution in [0.25, 0.3) is 0 Å². The number of rotatable bonds is 5. The normalized spacial score (nSPS) is 12.3. The zero-order chi connectivity index (χ0) is 13.0. The molecule has 1 aromatic carbocycles. The SMILES string of the molecule is CC(Cc1cn(Cc2ccccc2)cn1)C(=O)O. The first-order chi connectivity index (χ1) is 8.65. The third-order valence-electron chi connectivity index (χ3n) is 2.83. The number of carboxylic acids is 1. The van der Waals surface area contributed by atoms with Gasteiger partial charge in [-0.2, -0.15) is 0 Å². The maximum atomic E-state index is 10.8. The summed E-state index contributed by atoms with van der Waals surface area (Å²) >= 11 is 0. The minimum absolute atomic E-state index is 0.398. The van der Waals surface area contributed by atoms with Crippen LogP contribution in [0.3, 0.4) is 0 Å². The molecule has 1 heterocycles. The second-order valence-corrected chi connectivity index (χ2v) is 4.47. The van der Waals surface area contributed by atoms with Crippen LogP contribution in [0.2, 0.25) is 0 Å². The second kappa shape index (κ2) is 5.49. The van der Waals surface area contributed by atoms with E-state index in [-0.39, 0.29) is 0 Å². The molecule has 0 bridgehead atoms. The van der Waals surface area contributed by atoms with E-state index in [2.05, 4.69) is 17.1 Å². The summed E-state index contributed by atoms with van der Waals surface area (Å²) in [6, 6.07) is 10.1. The van der Waals surface area contributed by atoms with Gasteiger partial charge in [0, 0.05) is 19.2 Å². The quantitative estimate of drug-likeness (QED) is 0.877. The van der Waals surface area contributed by atoms with Crippen molar-refractivity contribution in [1.82, 2.24) is 9.55 Å². The minimum atomic E-state index is -0.785. The van der Waals surface area contributed by atoms with Crippen LogP contribution in [0.4, 0.5) is 0 Å². The number of benzene rings is 1. The molecule has 4 nitrogen and oxygen atoms in total. The Morgan fingerprint density at radius 1 is 1.39 bits per heavy atom. The van der Waals surface area contributed by atoms with Crippen molar-refractivity contribution in [3.63, 3.8) is 0 Å². The van der Waals surface area contributed by atoms with E-state index < -0.39 is 11.9 Å². The molecule has 0 saturated heterocycles. The lowest BCUT2D eigenvalue weighted by molar-refractivity contribution is -0.141. The van der Waals surface area contributed by atoms with Crippen molar-refractivity contribution in [3.8, 4) is 0 Å². The molecular formula is C14H16N2O2. The fourth-order valence-electron chi connectivity index (χ4n) is 1.79. The molecular weight excluding hydrogens is 228 g/mol. The summed E-state index contributed by atoms with van der Waals surface area (Å²) in [7, 11) is 0. The van der Waals surface area contributed by atoms with Gasteiger partial charge in [0.2, 0.25) is 0 Å². The summed E-state index contributed by atoms with van der Waals surface area (Å²) in [5.41, 5.74) is 2.02. The van der Waals surface area contributed by atoms with Crippen molar-refractivity contribution < 1.29 is 9.90 Å². The van der Waals surface area contributed by atoms with Crippen LogP contribution in [0.5, 0.6) is 0 Å². The van der Waals surface area contributed by atoms with Gasteiger partial charge in [-0.3, -0.25) is 4.79 Å². The van der Waals surface area contributed by atoms with Crippen molar-refractivity contribution in [2.45, 2.75) is 19.9 Å². The van der Waals surface area contributed by atoms with Gasteiger partial charge in [-0.25, -0.2) is 4.98 Å². The molecule has 0 aliphatic carbocycles. The molecule has 0 aliphatic rings. The molecule has 0 saturated carbocycles. The molecule has 0 spiro atoms. The first-order valence-electron chi connectivity index (χ1n) is 5.92. The fraction of sp³-hybridized carbons (Fsp3) is 0.286. The van der Waals surface area contributed by atoms with Crippen LogP contribution in [-0.2, 0) is 17.8 Å². The number of imidazole rings is 1. The lowest BCUT2D eigenvalue weighted by Gasteiger charge is -2.03. The molecule has 0 fully saturated rings. The monoisotopic (exact) mass is 244 g/mol. The van der Waals surface area contributed by atoms with Crippen molar-refractivity contribution in [1.29, 1.82) is 0 Å². The minimum Gasteiger partial charge on any atom is -0.481 e. The predicted molar refractivity (Wildman–Crippen MR) is 68.3 cm³/mol. The smallest absolute Gasteiger partial charge is 0.306 e. The zero-order valence-corrected chi connectivity index (χ0v) is 10.3. The molecule has 1 unspecified atom stereocenters. The maximum Gasteiger partial charge on any atom is 0.306 e. The summed E-state index contributed by atoms with van der Waals surface area (Å²) in [6.45, 7) is 2.45. The van der Waals surface area contributed by atoms with E-state index in [4.69, 9.17) is 5.11 Å². The Balaban J connectivity index is 2.00. The lowest BCUT2D eigenvalue weighted by Crippen LogP contribution is -2.12. The Kier molecular flexibility index (Phi) is 3.77.